The van der Waals surface area contributed by atoms with Crippen LogP contribution in [0.1, 0.15) is 10.4 Å². The maximum Gasteiger partial charge on any atom is 0.311 e. The van der Waals surface area contributed by atoms with Gasteiger partial charge in [-0.2, -0.15) is 0 Å². The lowest BCUT2D eigenvalue weighted by atomic mass is 10.1. The molecule has 8 heteroatoms. The van der Waals surface area contributed by atoms with Crippen LogP contribution in [0.15, 0.2) is 40.9 Å². The average Bonchev–Trinajstić information content (AvgIpc) is 2.43. The molecule has 0 bridgehead atoms. The number of para-hydroxylation sites is 1. The molecule has 0 unspecified atom stereocenters. The largest absolute Gasteiger partial charge is 0.502 e. The number of nitrogens with one attached hydrogen (secondary N) is 1. The van der Waals surface area contributed by atoms with Crippen LogP contribution in [0.2, 0.25) is 5.02 Å². The van der Waals surface area contributed by atoms with Crippen LogP contribution >= 0.6 is 27.5 Å². The summed E-state index contributed by atoms with van der Waals surface area (Å²) in [6.45, 7) is 0. The molecule has 108 valence electrons. The molecule has 0 atom stereocenters. The summed E-state index contributed by atoms with van der Waals surface area (Å²) in [7, 11) is 0. The average molecular weight is 372 g/mol. The van der Waals surface area contributed by atoms with Gasteiger partial charge in [-0.3, -0.25) is 14.9 Å². The summed E-state index contributed by atoms with van der Waals surface area (Å²) in [5.41, 5.74) is -0.345. The number of halogens is 2. The van der Waals surface area contributed by atoms with E-state index in [0.29, 0.717) is 15.2 Å². The number of amides is 1. The number of phenolic OH excluding ortho intramolecular Hbond substituents is 1. The molecule has 1 amide bonds. The number of nitro benzene ring substituents is 1. The first kappa shape index (κ1) is 15.3. The monoisotopic (exact) mass is 370 g/mol. The van der Waals surface area contributed by atoms with Crippen molar-refractivity contribution in [3.05, 3.63) is 61.6 Å². The van der Waals surface area contributed by atoms with Crippen molar-refractivity contribution in [2.45, 2.75) is 0 Å². The second kappa shape index (κ2) is 6.11. The van der Waals surface area contributed by atoms with E-state index in [1.807, 2.05) is 0 Å². The van der Waals surface area contributed by atoms with Crippen LogP contribution in [-0.4, -0.2) is 15.9 Å². The summed E-state index contributed by atoms with van der Waals surface area (Å²) in [4.78, 5) is 22.1. The maximum absolute atomic E-state index is 12.1. The predicted octanol–water partition coefficient (Wildman–Crippen LogP) is 3.97. The summed E-state index contributed by atoms with van der Waals surface area (Å²) in [5.74, 6) is -1.36. The summed E-state index contributed by atoms with van der Waals surface area (Å²) in [6.07, 6.45) is 0. The standard InChI is InChI=1S/C13H8BrClN2O4/c14-11-8(15)4-2-5-9(11)16-13(19)7-3-1-6-10(12(7)18)17(20)21/h1-6,18H,(H,16,19). The van der Waals surface area contributed by atoms with Crippen molar-refractivity contribution in [3.63, 3.8) is 0 Å². The van der Waals surface area contributed by atoms with E-state index in [9.17, 15) is 20.0 Å². The fourth-order valence-corrected chi connectivity index (χ4v) is 2.19. The van der Waals surface area contributed by atoms with Crippen molar-refractivity contribution in [2.75, 3.05) is 5.32 Å². The second-order valence-electron chi connectivity index (χ2n) is 3.99. The van der Waals surface area contributed by atoms with Gasteiger partial charge in [0.1, 0.15) is 0 Å². The SMILES string of the molecule is O=C(Nc1cccc(Cl)c1Br)c1cccc([N+](=O)[O-])c1O. The molecule has 0 aliphatic heterocycles. The minimum Gasteiger partial charge on any atom is -0.502 e. The normalized spacial score (nSPS) is 10.2. The zero-order chi connectivity index (χ0) is 15.6. The Balaban J connectivity index is 2.35. The van der Waals surface area contributed by atoms with Gasteiger partial charge >= 0.3 is 5.69 Å². The second-order valence-corrected chi connectivity index (χ2v) is 5.19. The lowest BCUT2D eigenvalue weighted by Crippen LogP contribution is -2.13. The highest BCUT2D eigenvalue weighted by atomic mass is 79.9. The van der Waals surface area contributed by atoms with Gasteiger partial charge in [0.25, 0.3) is 5.91 Å². The smallest absolute Gasteiger partial charge is 0.311 e. The summed E-state index contributed by atoms with van der Waals surface area (Å²) in [6, 6.07) is 8.59. The van der Waals surface area contributed by atoms with E-state index in [2.05, 4.69) is 21.2 Å². The van der Waals surface area contributed by atoms with Crippen molar-refractivity contribution in [1.82, 2.24) is 0 Å². The number of phenols is 1. The Labute approximate surface area is 132 Å². The summed E-state index contributed by atoms with van der Waals surface area (Å²) < 4.78 is 0.477. The molecule has 0 saturated heterocycles. The molecule has 0 heterocycles. The minimum absolute atomic E-state index is 0.198. The molecule has 6 nitrogen and oxygen atoms in total. The van der Waals surface area contributed by atoms with Crippen molar-refractivity contribution in [3.8, 4) is 5.75 Å². The molecular formula is C13H8BrClN2O4. The number of nitrogens with zero attached hydrogens (tertiary/aromatic N) is 1. The number of hydrogen-bond donors (Lipinski definition) is 2. The molecule has 0 saturated carbocycles. The van der Waals surface area contributed by atoms with Gasteiger partial charge in [0, 0.05) is 6.07 Å². The maximum atomic E-state index is 12.1. The number of rotatable bonds is 3. The zero-order valence-electron chi connectivity index (χ0n) is 10.3. The number of aromatic hydroxyl groups is 1. The number of anilines is 1. The third-order valence-corrected chi connectivity index (χ3v) is 4.05. The van der Waals surface area contributed by atoms with Gasteiger partial charge in [-0.05, 0) is 34.1 Å². The Morgan fingerprint density at radius 2 is 1.95 bits per heavy atom. The molecule has 2 N–H and O–H groups in total. The van der Waals surface area contributed by atoms with Crippen molar-refractivity contribution < 1.29 is 14.8 Å². The molecule has 0 fully saturated rings. The molecule has 21 heavy (non-hydrogen) atoms. The molecule has 0 aromatic heterocycles. The van der Waals surface area contributed by atoms with Crippen LogP contribution in [0, 0.1) is 10.1 Å². The quantitative estimate of drug-likeness (QED) is 0.631. The van der Waals surface area contributed by atoms with E-state index in [1.54, 1.807) is 18.2 Å². The third-order valence-electron chi connectivity index (χ3n) is 2.66. The van der Waals surface area contributed by atoms with Crippen LogP contribution in [0.4, 0.5) is 11.4 Å². The van der Waals surface area contributed by atoms with E-state index in [-0.39, 0.29) is 5.56 Å². The minimum atomic E-state index is -0.762. The Morgan fingerprint density at radius 3 is 2.62 bits per heavy atom. The fourth-order valence-electron chi connectivity index (χ4n) is 1.65. The van der Waals surface area contributed by atoms with Crippen LogP contribution in [0.3, 0.4) is 0 Å². The number of benzene rings is 2. The zero-order valence-corrected chi connectivity index (χ0v) is 12.7. The molecule has 0 radical (unpaired) electrons. The molecule has 0 spiro atoms. The lowest BCUT2D eigenvalue weighted by molar-refractivity contribution is -0.385. The van der Waals surface area contributed by atoms with Crippen LogP contribution in [-0.2, 0) is 0 Å². The van der Waals surface area contributed by atoms with E-state index in [1.165, 1.54) is 12.1 Å². The first-order valence-corrected chi connectivity index (χ1v) is 6.80. The first-order chi connectivity index (χ1) is 9.91. The van der Waals surface area contributed by atoms with E-state index >= 15 is 0 Å². The molecule has 2 aromatic carbocycles. The van der Waals surface area contributed by atoms with Gasteiger partial charge in [-0.1, -0.05) is 23.7 Å². The van der Waals surface area contributed by atoms with Crippen LogP contribution < -0.4 is 5.32 Å². The van der Waals surface area contributed by atoms with E-state index in [0.717, 1.165) is 6.07 Å². The lowest BCUT2D eigenvalue weighted by Gasteiger charge is -2.09. The Kier molecular flexibility index (Phi) is 4.44. The molecule has 0 aliphatic rings. The van der Waals surface area contributed by atoms with Crippen molar-refractivity contribution >= 4 is 44.8 Å². The first-order valence-electron chi connectivity index (χ1n) is 5.63. The highest BCUT2D eigenvalue weighted by Crippen LogP contribution is 2.33. The van der Waals surface area contributed by atoms with Gasteiger partial charge in [0.05, 0.1) is 25.7 Å². The number of hydrogen-bond acceptors (Lipinski definition) is 4. The summed E-state index contributed by atoms with van der Waals surface area (Å²) >= 11 is 9.12. The number of nitro groups is 1. The topological polar surface area (TPSA) is 92.5 Å². The van der Waals surface area contributed by atoms with Gasteiger partial charge < -0.3 is 10.4 Å². The van der Waals surface area contributed by atoms with Crippen molar-refractivity contribution in [1.29, 1.82) is 0 Å². The van der Waals surface area contributed by atoms with Crippen molar-refractivity contribution in [2.24, 2.45) is 0 Å². The van der Waals surface area contributed by atoms with E-state index < -0.39 is 22.3 Å². The Bertz CT molecular complexity index is 736. The highest BCUT2D eigenvalue weighted by molar-refractivity contribution is 9.10. The van der Waals surface area contributed by atoms with Crippen LogP contribution in [0.25, 0.3) is 0 Å². The fraction of sp³-hybridized carbons (Fsp3) is 0. The van der Waals surface area contributed by atoms with Crippen LogP contribution in [0.5, 0.6) is 5.75 Å². The van der Waals surface area contributed by atoms with Gasteiger partial charge in [-0.15, -0.1) is 0 Å². The van der Waals surface area contributed by atoms with Gasteiger partial charge in [0.15, 0.2) is 0 Å². The van der Waals surface area contributed by atoms with Gasteiger partial charge in [-0.25, -0.2) is 0 Å². The van der Waals surface area contributed by atoms with Gasteiger partial charge in [0.2, 0.25) is 5.75 Å². The molecule has 2 rings (SSSR count). The number of carbonyl (C=O) groups excluding carboxylic acids is 1. The Hall–Kier alpha value is -2.12. The third kappa shape index (κ3) is 3.14. The molecular weight excluding hydrogens is 364 g/mol. The predicted molar refractivity (Wildman–Crippen MR) is 81.9 cm³/mol. The molecule has 2 aromatic rings. The molecule has 0 aliphatic carbocycles. The summed E-state index contributed by atoms with van der Waals surface area (Å²) in [5, 5.41) is 23.5. The van der Waals surface area contributed by atoms with E-state index in [4.69, 9.17) is 11.6 Å². The number of carbonyl (C=O) groups is 1. The Morgan fingerprint density at radius 1 is 1.29 bits per heavy atom. The highest BCUT2D eigenvalue weighted by Gasteiger charge is 2.21.